The van der Waals surface area contributed by atoms with E-state index in [-0.39, 0.29) is 6.54 Å². The fourth-order valence-corrected chi connectivity index (χ4v) is 4.14. The number of aliphatic carboxylic acids is 3. The van der Waals surface area contributed by atoms with Gasteiger partial charge in [0.05, 0.1) is 6.54 Å². The first-order valence-corrected chi connectivity index (χ1v) is 12.5. The molecule has 0 radical (unpaired) electrons. The standard InChI is InChI=1S/C25H45NO6/c1-2-3-4-5-6-7-8-9-10-11-12-13-14-15-16-17-18-19-26(20-23(27)28,21-24(29)30)22-25(31)32/h12-13H,2-11,14-22H2,1H3,(H2-,27,28,29,30,31,32)/p+1/b13-12+. The highest BCUT2D eigenvalue weighted by molar-refractivity contribution is 5.73. The van der Waals surface area contributed by atoms with Gasteiger partial charge in [0, 0.05) is 0 Å². The predicted octanol–water partition coefficient (Wildman–Crippen LogP) is 5.48. The van der Waals surface area contributed by atoms with Crippen LogP contribution in [-0.4, -0.2) is 63.9 Å². The summed E-state index contributed by atoms with van der Waals surface area (Å²) >= 11 is 0. The van der Waals surface area contributed by atoms with Crippen molar-refractivity contribution in [3.8, 4) is 0 Å². The van der Waals surface area contributed by atoms with E-state index in [0.29, 0.717) is 6.42 Å². The molecular weight excluding hydrogens is 410 g/mol. The van der Waals surface area contributed by atoms with E-state index in [4.69, 9.17) is 15.3 Å². The number of quaternary nitrogens is 1. The molecule has 0 aliphatic heterocycles. The van der Waals surface area contributed by atoms with E-state index in [2.05, 4.69) is 19.1 Å². The topological polar surface area (TPSA) is 112 Å². The lowest BCUT2D eigenvalue weighted by molar-refractivity contribution is -0.907. The van der Waals surface area contributed by atoms with Gasteiger partial charge in [-0.2, -0.15) is 0 Å². The van der Waals surface area contributed by atoms with E-state index in [1.807, 2.05) is 0 Å². The van der Waals surface area contributed by atoms with Crippen molar-refractivity contribution >= 4 is 17.9 Å². The van der Waals surface area contributed by atoms with E-state index in [9.17, 15) is 14.4 Å². The van der Waals surface area contributed by atoms with E-state index < -0.39 is 42.0 Å². The predicted molar refractivity (Wildman–Crippen MR) is 127 cm³/mol. The van der Waals surface area contributed by atoms with Gasteiger partial charge in [-0.3, -0.25) is 4.48 Å². The smallest absolute Gasteiger partial charge is 0.359 e. The Bertz CT molecular complexity index is 506. The van der Waals surface area contributed by atoms with Gasteiger partial charge in [-0.1, -0.05) is 76.9 Å². The van der Waals surface area contributed by atoms with Crippen molar-refractivity contribution in [2.24, 2.45) is 0 Å². The zero-order valence-corrected chi connectivity index (χ0v) is 20.1. The number of carbonyl (C=O) groups is 3. The molecule has 0 aromatic rings. The minimum atomic E-state index is -1.18. The molecule has 0 aliphatic rings. The highest BCUT2D eigenvalue weighted by atomic mass is 16.4. The van der Waals surface area contributed by atoms with E-state index >= 15 is 0 Å². The van der Waals surface area contributed by atoms with Gasteiger partial charge in [-0.25, -0.2) is 14.4 Å². The molecule has 0 spiro atoms. The van der Waals surface area contributed by atoms with Gasteiger partial charge >= 0.3 is 17.9 Å². The number of allylic oxidation sites excluding steroid dienone is 2. The molecule has 0 amide bonds. The molecule has 0 saturated carbocycles. The first-order chi connectivity index (χ1) is 15.3. The Morgan fingerprint density at radius 1 is 0.562 bits per heavy atom. The van der Waals surface area contributed by atoms with Crippen LogP contribution in [0.15, 0.2) is 12.2 Å². The van der Waals surface area contributed by atoms with Gasteiger partial charge in [0.15, 0.2) is 19.6 Å². The summed E-state index contributed by atoms with van der Waals surface area (Å²) in [7, 11) is 0. The van der Waals surface area contributed by atoms with Crippen LogP contribution in [0.5, 0.6) is 0 Å². The molecule has 0 rings (SSSR count). The molecule has 0 unspecified atom stereocenters. The van der Waals surface area contributed by atoms with Gasteiger partial charge in [0.1, 0.15) is 0 Å². The highest BCUT2D eigenvalue weighted by Crippen LogP contribution is 2.13. The minimum Gasteiger partial charge on any atom is -0.477 e. The molecule has 0 saturated heterocycles. The Morgan fingerprint density at radius 3 is 1.28 bits per heavy atom. The van der Waals surface area contributed by atoms with Gasteiger partial charge in [-0.15, -0.1) is 0 Å². The molecular formula is C25H46NO6+. The maximum Gasteiger partial charge on any atom is 0.359 e. The number of hydrogen-bond acceptors (Lipinski definition) is 3. The Labute approximate surface area is 194 Å². The Morgan fingerprint density at radius 2 is 0.906 bits per heavy atom. The minimum absolute atomic E-state index is 0.249. The molecule has 0 heterocycles. The fourth-order valence-electron chi connectivity index (χ4n) is 4.14. The van der Waals surface area contributed by atoms with Gasteiger partial charge in [-0.05, 0) is 38.5 Å². The van der Waals surface area contributed by atoms with Crippen LogP contribution >= 0.6 is 0 Å². The maximum atomic E-state index is 11.2. The fraction of sp³-hybridized carbons (Fsp3) is 0.800. The van der Waals surface area contributed by atoms with Crippen LogP contribution in [0.1, 0.15) is 103 Å². The summed E-state index contributed by atoms with van der Waals surface area (Å²) < 4.78 is -0.446. The third-order valence-electron chi connectivity index (χ3n) is 5.81. The van der Waals surface area contributed by atoms with Crippen molar-refractivity contribution in [1.82, 2.24) is 0 Å². The van der Waals surface area contributed by atoms with Crippen molar-refractivity contribution < 1.29 is 34.2 Å². The number of hydrogen-bond donors (Lipinski definition) is 3. The molecule has 0 bridgehead atoms. The molecule has 0 aromatic carbocycles. The normalized spacial score (nSPS) is 11.8. The quantitative estimate of drug-likeness (QED) is 0.107. The number of carboxylic acid groups (broad SMARTS) is 3. The van der Waals surface area contributed by atoms with Crippen LogP contribution in [0.4, 0.5) is 0 Å². The SMILES string of the molecule is CCCCCCCCCCC/C=C/CCCCCC[N+](CC(=O)O)(CC(=O)O)CC(=O)O. The number of carboxylic acids is 3. The van der Waals surface area contributed by atoms with Crippen molar-refractivity contribution in [3.63, 3.8) is 0 Å². The molecule has 0 fully saturated rings. The van der Waals surface area contributed by atoms with Crippen LogP contribution in [0, 0.1) is 0 Å². The van der Waals surface area contributed by atoms with Crippen LogP contribution < -0.4 is 0 Å². The lowest BCUT2D eigenvalue weighted by atomic mass is 10.1. The van der Waals surface area contributed by atoms with Crippen LogP contribution in [0.2, 0.25) is 0 Å². The molecule has 0 aromatic heterocycles. The number of unbranched alkanes of at least 4 members (excludes halogenated alkanes) is 13. The summed E-state index contributed by atoms with van der Waals surface area (Å²) in [6.07, 6.45) is 22.2. The van der Waals surface area contributed by atoms with Gasteiger partial charge < -0.3 is 15.3 Å². The molecule has 0 atom stereocenters. The van der Waals surface area contributed by atoms with E-state index in [1.165, 1.54) is 57.8 Å². The third-order valence-corrected chi connectivity index (χ3v) is 5.81. The second-order valence-corrected chi connectivity index (χ2v) is 9.01. The summed E-state index contributed by atoms with van der Waals surface area (Å²) in [5, 5.41) is 27.3. The lowest BCUT2D eigenvalue weighted by Gasteiger charge is -2.34. The van der Waals surface area contributed by atoms with Gasteiger partial charge in [0.2, 0.25) is 0 Å². The average Bonchev–Trinajstić information content (AvgIpc) is 2.68. The van der Waals surface area contributed by atoms with Crippen LogP contribution in [0.3, 0.4) is 0 Å². The van der Waals surface area contributed by atoms with Crippen molar-refractivity contribution in [1.29, 1.82) is 0 Å². The van der Waals surface area contributed by atoms with Crippen LogP contribution in [-0.2, 0) is 14.4 Å². The largest absolute Gasteiger partial charge is 0.477 e. The average molecular weight is 457 g/mol. The number of nitrogens with zero attached hydrogens (tertiary/aromatic N) is 1. The molecule has 32 heavy (non-hydrogen) atoms. The zero-order chi connectivity index (χ0) is 24.1. The highest BCUT2D eigenvalue weighted by Gasteiger charge is 2.35. The third kappa shape index (κ3) is 18.8. The first kappa shape index (κ1) is 30.1. The molecule has 3 N–H and O–H groups in total. The monoisotopic (exact) mass is 456 g/mol. The van der Waals surface area contributed by atoms with Crippen molar-refractivity contribution in [3.05, 3.63) is 12.2 Å². The molecule has 7 heteroatoms. The lowest BCUT2D eigenvalue weighted by Crippen LogP contribution is -2.57. The molecule has 186 valence electrons. The summed E-state index contributed by atoms with van der Waals surface area (Å²) in [4.78, 5) is 33.5. The number of rotatable bonds is 23. The first-order valence-electron chi connectivity index (χ1n) is 12.5. The Kier molecular flexibility index (Phi) is 18.6. The Balaban J connectivity index is 3.88. The second kappa shape index (κ2) is 19.8. The van der Waals surface area contributed by atoms with Crippen LogP contribution in [0.25, 0.3) is 0 Å². The van der Waals surface area contributed by atoms with Crippen molar-refractivity contribution in [2.45, 2.75) is 103 Å². The maximum absolute atomic E-state index is 11.2. The van der Waals surface area contributed by atoms with Gasteiger partial charge in [0.25, 0.3) is 0 Å². The second-order valence-electron chi connectivity index (χ2n) is 9.01. The van der Waals surface area contributed by atoms with Crippen molar-refractivity contribution in [2.75, 3.05) is 26.2 Å². The Hall–Kier alpha value is -1.89. The summed E-state index contributed by atoms with van der Waals surface area (Å²) in [6.45, 7) is 1.04. The molecule has 7 nitrogen and oxygen atoms in total. The zero-order valence-electron chi connectivity index (χ0n) is 20.1. The van der Waals surface area contributed by atoms with E-state index in [0.717, 1.165) is 32.1 Å². The summed E-state index contributed by atoms with van der Waals surface area (Å²) in [5.74, 6) is -3.53. The summed E-state index contributed by atoms with van der Waals surface area (Å²) in [6, 6.07) is 0. The molecule has 0 aliphatic carbocycles. The van der Waals surface area contributed by atoms with E-state index in [1.54, 1.807) is 0 Å². The summed E-state index contributed by atoms with van der Waals surface area (Å²) in [5.41, 5.74) is 0.